The van der Waals surface area contributed by atoms with Crippen LogP contribution in [-0.2, 0) is 11.3 Å². The SMILES string of the molecule is CC(C)NC(=NCc1ccc([N+](=O)[O-])cc1)NC(C)C1CCCO1. The van der Waals surface area contributed by atoms with Gasteiger partial charge in [-0.1, -0.05) is 12.1 Å². The van der Waals surface area contributed by atoms with Gasteiger partial charge in [-0.05, 0) is 39.2 Å². The van der Waals surface area contributed by atoms with Gasteiger partial charge in [0.05, 0.1) is 23.6 Å². The van der Waals surface area contributed by atoms with Crippen molar-refractivity contribution >= 4 is 11.6 Å². The lowest BCUT2D eigenvalue weighted by atomic mass is 10.1. The average Bonchev–Trinajstić information content (AvgIpc) is 3.07. The summed E-state index contributed by atoms with van der Waals surface area (Å²) in [5.41, 5.74) is 1.02. The number of guanidine groups is 1. The van der Waals surface area contributed by atoms with Crippen molar-refractivity contribution in [3.05, 3.63) is 39.9 Å². The van der Waals surface area contributed by atoms with E-state index in [0.29, 0.717) is 6.54 Å². The largest absolute Gasteiger partial charge is 0.376 e. The fraction of sp³-hybridized carbons (Fsp3) is 0.588. The number of hydrogen-bond donors (Lipinski definition) is 2. The third-order valence-corrected chi connectivity index (χ3v) is 3.88. The van der Waals surface area contributed by atoms with Gasteiger partial charge in [0.2, 0.25) is 0 Å². The molecule has 1 aromatic rings. The predicted octanol–water partition coefficient (Wildman–Crippen LogP) is 2.61. The summed E-state index contributed by atoms with van der Waals surface area (Å²) in [6.07, 6.45) is 2.37. The molecule has 7 heteroatoms. The summed E-state index contributed by atoms with van der Waals surface area (Å²) in [5.74, 6) is 0.728. The van der Waals surface area contributed by atoms with Gasteiger partial charge in [-0.3, -0.25) is 10.1 Å². The van der Waals surface area contributed by atoms with Crippen LogP contribution >= 0.6 is 0 Å². The number of nitro benzene ring substituents is 1. The summed E-state index contributed by atoms with van der Waals surface area (Å²) in [6.45, 7) is 7.49. The Morgan fingerprint density at radius 2 is 2.04 bits per heavy atom. The Morgan fingerprint density at radius 1 is 1.33 bits per heavy atom. The van der Waals surface area contributed by atoms with Crippen molar-refractivity contribution in [2.24, 2.45) is 4.99 Å². The zero-order valence-electron chi connectivity index (χ0n) is 14.5. The number of nitro groups is 1. The van der Waals surface area contributed by atoms with Crippen molar-refractivity contribution in [3.63, 3.8) is 0 Å². The first-order chi connectivity index (χ1) is 11.5. The molecule has 132 valence electrons. The Bertz CT molecular complexity index is 566. The molecule has 2 atom stereocenters. The van der Waals surface area contributed by atoms with Crippen LogP contribution in [0.25, 0.3) is 0 Å². The summed E-state index contributed by atoms with van der Waals surface area (Å²) in [6, 6.07) is 6.90. The van der Waals surface area contributed by atoms with Crippen LogP contribution in [0.5, 0.6) is 0 Å². The topological polar surface area (TPSA) is 88.8 Å². The first-order valence-corrected chi connectivity index (χ1v) is 8.38. The fourth-order valence-corrected chi connectivity index (χ4v) is 2.61. The molecule has 0 radical (unpaired) electrons. The van der Waals surface area contributed by atoms with E-state index in [2.05, 4.69) is 36.4 Å². The number of nitrogens with one attached hydrogen (secondary N) is 2. The van der Waals surface area contributed by atoms with E-state index in [0.717, 1.165) is 31.0 Å². The zero-order valence-corrected chi connectivity index (χ0v) is 14.5. The van der Waals surface area contributed by atoms with Crippen molar-refractivity contribution in [3.8, 4) is 0 Å². The van der Waals surface area contributed by atoms with E-state index in [4.69, 9.17) is 4.74 Å². The number of hydrogen-bond acceptors (Lipinski definition) is 4. The zero-order chi connectivity index (χ0) is 17.5. The maximum absolute atomic E-state index is 10.7. The molecule has 2 unspecified atom stereocenters. The summed E-state index contributed by atoms with van der Waals surface area (Å²) in [7, 11) is 0. The van der Waals surface area contributed by atoms with Gasteiger partial charge in [-0.2, -0.15) is 0 Å². The molecule has 0 aromatic heterocycles. The van der Waals surface area contributed by atoms with Crippen LogP contribution in [0.2, 0.25) is 0 Å². The van der Waals surface area contributed by atoms with Crippen LogP contribution in [-0.4, -0.2) is 35.7 Å². The van der Waals surface area contributed by atoms with Gasteiger partial charge in [0.1, 0.15) is 0 Å². The number of ether oxygens (including phenoxy) is 1. The molecule has 0 spiro atoms. The smallest absolute Gasteiger partial charge is 0.269 e. The summed E-state index contributed by atoms with van der Waals surface area (Å²) >= 11 is 0. The molecule has 7 nitrogen and oxygen atoms in total. The molecule has 1 aliphatic rings. The molecule has 1 heterocycles. The van der Waals surface area contributed by atoms with E-state index in [1.54, 1.807) is 12.1 Å². The Morgan fingerprint density at radius 3 is 2.58 bits per heavy atom. The van der Waals surface area contributed by atoms with Crippen molar-refractivity contribution in [2.75, 3.05) is 6.61 Å². The molecule has 1 saturated heterocycles. The first-order valence-electron chi connectivity index (χ1n) is 8.38. The Kier molecular flexibility index (Phi) is 6.54. The summed E-state index contributed by atoms with van der Waals surface area (Å²) in [5, 5.41) is 17.4. The molecule has 1 aromatic carbocycles. The van der Waals surface area contributed by atoms with Crippen LogP contribution in [0, 0.1) is 10.1 Å². The van der Waals surface area contributed by atoms with Crippen molar-refractivity contribution in [1.82, 2.24) is 10.6 Å². The Balaban J connectivity index is 2.00. The maximum Gasteiger partial charge on any atom is 0.269 e. The lowest BCUT2D eigenvalue weighted by Crippen LogP contribution is -2.48. The molecule has 0 aliphatic carbocycles. The second-order valence-corrected chi connectivity index (χ2v) is 6.37. The summed E-state index contributed by atoms with van der Waals surface area (Å²) in [4.78, 5) is 14.9. The number of nitrogens with zero attached hydrogens (tertiary/aromatic N) is 2. The van der Waals surface area contributed by atoms with E-state index < -0.39 is 4.92 Å². The van der Waals surface area contributed by atoms with E-state index in [-0.39, 0.29) is 23.9 Å². The minimum atomic E-state index is -0.399. The van der Waals surface area contributed by atoms with Gasteiger partial charge in [0.15, 0.2) is 5.96 Å². The van der Waals surface area contributed by atoms with Crippen molar-refractivity contribution in [2.45, 2.75) is 58.3 Å². The number of non-ortho nitro benzene ring substituents is 1. The predicted molar refractivity (Wildman–Crippen MR) is 94.1 cm³/mol. The molecule has 1 fully saturated rings. The van der Waals surface area contributed by atoms with Gasteiger partial charge in [-0.15, -0.1) is 0 Å². The van der Waals surface area contributed by atoms with Gasteiger partial charge in [0.25, 0.3) is 5.69 Å². The lowest BCUT2D eigenvalue weighted by Gasteiger charge is -2.24. The second-order valence-electron chi connectivity index (χ2n) is 6.37. The first kappa shape index (κ1) is 18.2. The molecule has 1 aliphatic heterocycles. The Hall–Kier alpha value is -2.15. The molecule has 24 heavy (non-hydrogen) atoms. The normalized spacial score (nSPS) is 19.3. The average molecular weight is 334 g/mol. The van der Waals surface area contributed by atoms with Gasteiger partial charge in [-0.25, -0.2) is 4.99 Å². The van der Waals surface area contributed by atoms with Gasteiger partial charge < -0.3 is 15.4 Å². The number of aliphatic imine (C=N–C) groups is 1. The summed E-state index contributed by atoms with van der Waals surface area (Å²) < 4.78 is 5.71. The van der Waals surface area contributed by atoms with E-state index in [9.17, 15) is 10.1 Å². The van der Waals surface area contributed by atoms with Crippen LogP contribution in [0.15, 0.2) is 29.3 Å². The minimum Gasteiger partial charge on any atom is -0.376 e. The minimum absolute atomic E-state index is 0.0911. The molecule has 2 N–H and O–H groups in total. The van der Waals surface area contributed by atoms with Gasteiger partial charge in [0, 0.05) is 24.8 Å². The Labute approximate surface area is 142 Å². The molecular formula is C17H26N4O3. The fourth-order valence-electron chi connectivity index (χ4n) is 2.61. The van der Waals surface area contributed by atoms with E-state index in [1.165, 1.54) is 12.1 Å². The van der Waals surface area contributed by atoms with Crippen molar-refractivity contribution < 1.29 is 9.66 Å². The highest BCUT2D eigenvalue weighted by molar-refractivity contribution is 5.80. The molecule has 2 rings (SSSR count). The van der Waals surface area contributed by atoms with Crippen LogP contribution in [0.3, 0.4) is 0 Å². The number of rotatable bonds is 6. The molecule has 0 bridgehead atoms. The molecular weight excluding hydrogens is 308 g/mol. The van der Waals surface area contributed by atoms with Crippen LogP contribution in [0.4, 0.5) is 5.69 Å². The monoisotopic (exact) mass is 334 g/mol. The third-order valence-electron chi connectivity index (χ3n) is 3.88. The highest BCUT2D eigenvalue weighted by atomic mass is 16.6. The second kappa shape index (κ2) is 8.63. The van der Waals surface area contributed by atoms with Crippen LogP contribution < -0.4 is 10.6 Å². The molecule has 0 amide bonds. The highest BCUT2D eigenvalue weighted by Crippen LogP contribution is 2.15. The third kappa shape index (κ3) is 5.49. The van der Waals surface area contributed by atoms with Gasteiger partial charge >= 0.3 is 0 Å². The molecule has 0 saturated carbocycles. The lowest BCUT2D eigenvalue weighted by molar-refractivity contribution is -0.384. The quantitative estimate of drug-likeness (QED) is 0.361. The number of benzene rings is 1. The van der Waals surface area contributed by atoms with Crippen molar-refractivity contribution in [1.29, 1.82) is 0 Å². The maximum atomic E-state index is 10.7. The van der Waals surface area contributed by atoms with E-state index in [1.807, 2.05) is 0 Å². The highest BCUT2D eigenvalue weighted by Gasteiger charge is 2.23. The van der Waals surface area contributed by atoms with Crippen LogP contribution in [0.1, 0.15) is 39.2 Å². The standard InChI is InChI=1S/C17H26N4O3/c1-12(2)19-17(20-13(3)16-5-4-10-24-16)18-11-14-6-8-15(9-7-14)21(22)23/h6-9,12-13,16H,4-5,10-11H2,1-3H3,(H2,18,19,20). The van der Waals surface area contributed by atoms with E-state index >= 15 is 0 Å².